The van der Waals surface area contributed by atoms with Crippen LogP contribution >= 0.6 is 11.6 Å². The van der Waals surface area contributed by atoms with Crippen molar-refractivity contribution in [3.8, 4) is 5.75 Å². The van der Waals surface area contributed by atoms with E-state index in [1.54, 1.807) is 0 Å². The fourth-order valence-corrected chi connectivity index (χ4v) is 3.36. The number of carbonyl (C=O) groups is 1. The summed E-state index contributed by atoms with van der Waals surface area (Å²) in [5, 5.41) is 2.23. The van der Waals surface area contributed by atoms with Gasteiger partial charge in [-0.3, -0.25) is 4.79 Å². The molecule has 1 aromatic heterocycles. The van der Waals surface area contributed by atoms with Gasteiger partial charge in [0, 0.05) is 19.2 Å². The number of nitrogens with zero attached hydrogens (tertiary/aromatic N) is 3. The molecule has 0 unspecified atom stereocenters. The number of amides is 1. The largest absolute Gasteiger partial charge is 0.496 e. The third-order valence-corrected chi connectivity index (χ3v) is 5.05. The molecule has 2 heterocycles. The van der Waals surface area contributed by atoms with Crippen LogP contribution in [0, 0.1) is 0 Å². The summed E-state index contributed by atoms with van der Waals surface area (Å²) in [6.45, 7) is 0.388. The van der Waals surface area contributed by atoms with Crippen molar-refractivity contribution in [3.63, 3.8) is 0 Å². The summed E-state index contributed by atoms with van der Waals surface area (Å²) in [5.74, 6) is -1.94. The van der Waals surface area contributed by atoms with Gasteiger partial charge in [-0.1, -0.05) is 17.7 Å². The Balaban J connectivity index is 1.63. The minimum atomic E-state index is -4.79. The fraction of sp³-hybridized carbons (Fsp3) is 0.421. The quantitative estimate of drug-likeness (QED) is 0.496. The van der Waals surface area contributed by atoms with Crippen LogP contribution in [-0.2, 0) is 23.6 Å². The molecular formula is C19H17ClF6N4O2. The van der Waals surface area contributed by atoms with Gasteiger partial charge in [-0.2, -0.15) is 26.3 Å². The number of hydrogen-bond donors (Lipinski definition) is 1. The average molecular weight is 483 g/mol. The Morgan fingerprint density at radius 2 is 1.91 bits per heavy atom. The van der Waals surface area contributed by atoms with Crippen molar-refractivity contribution in [1.82, 2.24) is 15.3 Å². The van der Waals surface area contributed by atoms with Crippen LogP contribution in [0.25, 0.3) is 0 Å². The number of rotatable bonds is 6. The molecule has 2 aromatic rings. The first-order valence-electron chi connectivity index (χ1n) is 9.30. The van der Waals surface area contributed by atoms with Gasteiger partial charge in [0.2, 0.25) is 11.7 Å². The number of hydrogen-bond acceptors (Lipinski definition) is 5. The highest BCUT2D eigenvalue weighted by atomic mass is 35.5. The molecule has 1 aromatic carbocycles. The monoisotopic (exact) mass is 482 g/mol. The van der Waals surface area contributed by atoms with Crippen LogP contribution in [0.15, 0.2) is 24.3 Å². The molecule has 1 N–H and O–H groups in total. The first-order valence-corrected chi connectivity index (χ1v) is 9.68. The molecule has 1 amide bonds. The summed E-state index contributed by atoms with van der Waals surface area (Å²) in [6, 6.07) is 3.46. The minimum Gasteiger partial charge on any atom is -0.496 e. The highest BCUT2D eigenvalue weighted by molar-refractivity contribution is 6.29. The molecule has 1 fully saturated rings. The van der Waals surface area contributed by atoms with E-state index in [4.69, 9.17) is 16.3 Å². The van der Waals surface area contributed by atoms with Gasteiger partial charge in [0.25, 0.3) is 0 Å². The number of methoxy groups -OCH3 is 1. The number of anilines is 1. The van der Waals surface area contributed by atoms with E-state index >= 15 is 0 Å². The van der Waals surface area contributed by atoms with E-state index in [2.05, 4.69) is 15.3 Å². The number of ether oxygens (including phenoxy) is 1. The number of nitrogens with one attached hydrogen (secondary N) is 1. The zero-order valence-corrected chi connectivity index (χ0v) is 17.3. The van der Waals surface area contributed by atoms with Crippen molar-refractivity contribution in [2.45, 2.75) is 31.2 Å². The van der Waals surface area contributed by atoms with Crippen molar-refractivity contribution >= 4 is 23.3 Å². The van der Waals surface area contributed by atoms with E-state index < -0.39 is 40.8 Å². The standard InChI is InChI=1S/C19H17ClF6N4O2/c1-32-13-8-11(18(21,22)23)3-2-10(13)4-6-27-16(31)12-5-7-30(12)15-9-14(20)28-17(29-15)19(24,25)26/h2-3,8-9,12H,4-7H2,1H3,(H,27,31)/t12-/m0/s1. The highest BCUT2D eigenvalue weighted by Crippen LogP contribution is 2.34. The Kier molecular flexibility index (Phi) is 6.72. The Labute approximate surface area is 183 Å². The molecule has 0 saturated carbocycles. The molecule has 0 spiro atoms. The summed E-state index contributed by atoms with van der Waals surface area (Å²) < 4.78 is 82.2. The maximum absolute atomic E-state index is 12.9. The van der Waals surface area contributed by atoms with Crippen LogP contribution in [0.3, 0.4) is 0 Å². The average Bonchev–Trinajstić information content (AvgIpc) is 2.65. The summed E-state index contributed by atoms with van der Waals surface area (Å²) in [5.41, 5.74) is -0.391. The molecule has 1 atom stereocenters. The van der Waals surface area contributed by atoms with Crippen molar-refractivity contribution in [2.75, 3.05) is 25.1 Å². The van der Waals surface area contributed by atoms with E-state index in [-0.39, 0.29) is 24.5 Å². The van der Waals surface area contributed by atoms with Crippen LogP contribution in [0.2, 0.25) is 5.15 Å². The Morgan fingerprint density at radius 1 is 1.19 bits per heavy atom. The molecule has 3 rings (SSSR count). The predicted molar refractivity (Wildman–Crippen MR) is 103 cm³/mol. The van der Waals surface area contributed by atoms with E-state index in [0.29, 0.717) is 18.5 Å². The molecule has 0 bridgehead atoms. The van der Waals surface area contributed by atoms with Crippen LogP contribution in [-0.4, -0.2) is 42.1 Å². The van der Waals surface area contributed by atoms with Gasteiger partial charge in [-0.05, 0) is 30.5 Å². The van der Waals surface area contributed by atoms with Gasteiger partial charge < -0.3 is 15.0 Å². The van der Waals surface area contributed by atoms with Gasteiger partial charge in [0.1, 0.15) is 22.8 Å². The second-order valence-electron chi connectivity index (χ2n) is 6.93. The molecular weight excluding hydrogens is 466 g/mol. The number of alkyl halides is 6. The van der Waals surface area contributed by atoms with Crippen LogP contribution in [0.1, 0.15) is 23.4 Å². The second-order valence-corrected chi connectivity index (χ2v) is 7.32. The first-order chi connectivity index (χ1) is 14.9. The third-order valence-electron chi connectivity index (χ3n) is 4.86. The van der Waals surface area contributed by atoms with Crippen LogP contribution in [0.4, 0.5) is 32.2 Å². The molecule has 1 aliphatic rings. The zero-order chi connectivity index (χ0) is 23.7. The van der Waals surface area contributed by atoms with Gasteiger partial charge in [-0.25, -0.2) is 9.97 Å². The first kappa shape index (κ1) is 23.9. The smallest absolute Gasteiger partial charge is 0.451 e. The Hall–Kier alpha value is -2.76. The molecule has 1 aliphatic heterocycles. The number of halogens is 7. The minimum absolute atomic E-state index is 0.0367. The lowest BCUT2D eigenvalue weighted by molar-refractivity contribution is -0.145. The maximum Gasteiger partial charge on any atom is 0.451 e. The SMILES string of the molecule is COc1cc(C(F)(F)F)ccc1CCNC(=O)[C@@H]1CCN1c1cc(Cl)nc(C(F)(F)F)n1. The summed E-state index contributed by atoms with van der Waals surface area (Å²) >= 11 is 5.67. The second kappa shape index (κ2) is 9.00. The molecule has 0 aliphatic carbocycles. The van der Waals surface area contributed by atoms with Crippen molar-refractivity contribution in [1.29, 1.82) is 0 Å². The molecule has 32 heavy (non-hydrogen) atoms. The lowest BCUT2D eigenvalue weighted by Crippen LogP contribution is -2.57. The fourth-order valence-electron chi connectivity index (χ4n) is 3.18. The lowest BCUT2D eigenvalue weighted by atomic mass is 10.0. The van der Waals surface area contributed by atoms with Gasteiger partial charge >= 0.3 is 12.4 Å². The summed E-state index contributed by atoms with van der Waals surface area (Å²) in [4.78, 5) is 20.5. The predicted octanol–water partition coefficient (Wildman–Crippen LogP) is 4.11. The van der Waals surface area contributed by atoms with Crippen molar-refractivity contribution in [3.05, 3.63) is 46.4 Å². The van der Waals surface area contributed by atoms with E-state index in [0.717, 1.165) is 18.2 Å². The van der Waals surface area contributed by atoms with Gasteiger partial charge in [0.05, 0.1) is 12.7 Å². The number of carbonyl (C=O) groups excluding carboxylic acids is 1. The summed E-state index contributed by atoms with van der Waals surface area (Å²) in [7, 11) is 1.24. The van der Waals surface area contributed by atoms with E-state index in [1.165, 1.54) is 18.1 Å². The van der Waals surface area contributed by atoms with Crippen molar-refractivity contribution in [2.24, 2.45) is 0 Å². The molecule has 13 heteroatoms. The normalized spacial score (nSPS) is 16.5. The maximum atomic E-state index is 12.9. The molecule has 6 nitrogen and oxygen atoms in total. The topological polar surface area (TPSA) is 67.3 Å². The highest BCUT2D eigenvalue weighted by Gasteiger charge is 2.39. The van der Waals surface area contributed by atoms with Crippen molar-refractivity contribution < 1.29 is 35.9 Å². The molecule has 1 saturated heterocycles. The van der Waals surface area contributed by atoms with E-state index in [1.807, 2.05) is 0 Å². The Bertz CT molecular complexity index is 999. The van der Waals surface area contributed by atoms with Gasteiger partial charge in [-0.15, -0.1) is 0 Å². The Morgan fingerprint density at radius 3 is 2.47 bits per heavy atom. The third kappa shape index (κ3) is 5.34. The van der Waals surface area contributed by atoms with Crippen LogP contribution in [0.5, 0.6) is 5.75 Å². The van der Waals surface area contributed by atoms with E-state index in [9.17, 15) is 31.1 Å². The number of benzene rings is 1. The van der Waals surface area contributed by atoms with Crippen LogP contribution < -0.4 is 15.0 Å². The molecule has 0 radical (unpaired) electrons. The lowest BCUT2D eigenvalue weighted by Gasteiger charge is -2.40. The zero-order valence-electron chi connectivity index (χ0n) is 16.5. The van der Waals surface area contributed by atoms with Gasteiger partial charge in [0.15, 0.2) is 0 Å². The number of aromatic nitrogens is 2. The summed E-state index contributed by atoms with van der Waals surface area (Å²) in [6.07, 6.45) is -8.72. The molecule has 174 valence electrons.